The van der Waals surface area contributed by atoms with E-state index >= 15 is 0 Å². The fraction of sp³-hybridized carbons (Fsp3) is 0.0500. The number of carboxylic acids is 1. The fourth-order valence-electron chi connectivity index (χ4n) is 3.43. The van der Waals surface area contributed by atoms with Gasteiger partial charge in [0.1, 0.15) is 11.5 Å². The molecule has 1 aliphatic rings. The predicted octanol–water partition coefficient (Wildman–Crippen LogP) is 3.03. The lowest BCUT2D eigenvalue weighted by atomic mass is 9.80. The lowest BCUT2D eigenvalue weighted by Gasteiger charge is -2.22. The molecule has 3 aromatic carbocycles. The van der Waals surface area contributed by atoms with Crippen LogP contribution in [0.5, 0.6) is 11.5 Å². The largest absolute Gasteiger partial charge is 0.506 e. The zero-order valence-corrected chi connectivity index (χ0v) is 13.5. The smallest absolute Gasteiger partial charge is 0.335 e. The highest BCUT2D eigenvalue weighted by Gasteiger charge is 2.37. The number of benzene rings is 3. The van der Waals surface area contributed by atoms with Crippen molar-refractivity contribution >= 4 is 28.3 Å². The van der Waals surface area contributed by atoms with E-state index in [4.69, 9.17) is 0 Å². The van der Waals surface area contributed by atoms with E-state index in [0.717, 1.165) is 6.07 Å². The Morgan fingerprint density at radius 3 is 1.77 bits per heavy atom. The van der Waals surface area contributed by atoms with Crippen molar-refractivity contribution in [3.8, 4) is 11.5 Å². The van der Waals surface area contributed by atoms with Gasteiger partial charge < -0.3 is 15.3 Å². The summed E-state index contributed by atoms with van der Waals surface area (Å²) in [5.41, 5.74) is -0.436. The molecule has 0 radical (unpaired) electrons. The second-order valence-electron chi connectivity index (χ2n) is 6.17. The molecule has 0 heterocycles. The number of fused-ring (bicyclic) bond motifs is 3. The van der Waals surface area contributed by atoms with Crippen LogP contribution in [0.2, 0.25) is 0 Å². The number of carbonyl (C=O) groups excluding carboxylic acids is 2. The molecule has 0 spiro atoms. The van der Waals surface area contributed by atoms with Crippen molar-refractivity contribution in [3.05, 3.63) is 69.8 Å². The second kappa shape index (κ2) is 5.16. The van der Waals surface area contributed by atoms with E-state index in [1.165, 1.54) is 25.1 Å². The second-order valence-corrected chi connectivity index (χ2v) is 6.17. The van der Waals surface area contributed by atoms with Crippen LogP contribution in [0.3, 0.4) is 0 Å². The molecule has 6 nitrogen and oxygen atoms in total. The first-order valence-electron chi connectivity index (χ1n) is 7.77. The van der Waals surface area contributed by atoms with Gasteiger partial charge >= 0.3 is 5.97 Å². The minimum Gasteiger partial charge on any atom is -0.506 e. The van der Waals surface area contributed by atoms with Crippen LogP contribution in [0.25, 0.3) is 10.8 Å². The molecule has 0 aromatic heterocycles. The number of phenols is 2. The maximum atomic E-state index is 12.9. The van der Waals surface area contributed by atoms with Crippen LogP contribution in [0.15, 0.2) is 36.4 Å². The fourth-order valence-corrected chi connectivity index (χ4v) is 3.43. The molecule has 0 aliphatic heterocycles. The van der Waals surface area contributed by atoms with Gasteiger partial charge in [-0.05, 0) is 24.6 Å². The van der Waals surface area contributed by atoms with E-state index in [2.05, 4.69) is 0 Å². The van der Waals surface area contributed by atoms with Crippen molar-refractivity contribution in [3.63, 3.8) is 0 Å². The zero-order valence-electron chi connectivity index (χ0n) is 13.5. The van der Waals surface area contributed by atoms with Gasteiger partial charge in [0.2, 0.25) is 0 Å². The maximum absolute atomic E-state index is 12.9. The Kier molecular flexibility index (Phi) is 3.14. The van der Waals surface area contributed by atoms with Crippen LogP contribution < -0.4 is 0 Å². The number of phenolic OH excluding ortho intramolecular Hbond substituents is 2. The lowest BCUT2D eigenvalue weighted by molar-refractivity contribution is 0.0695. The molecule has 128 valence electrons. The summed E-state index contributed by atoms with van der Waals surface area (Å²) in [4.78, 5) is 37.2. The summed E-state index contributed by atoms with van der Waals surface area (Å²) in [7, 11) is 0. The normalized spacial score (nSPS) is 12.8. The van der Waals surface area contributed by atoms with E-state index in [-0.39, 0.29) is 44.3 Å². The Hall–Kier alpha value is -3.67. The number of rotatable bonds is 1. The minimum absolute atomic E-state index is 0.00924. The first kappa shape index (κ1) is 15.8. The summed E-state index contributed by atoms with van der Waals surface area (Å²) in [6.07, 6.45) is 0. The van der Waals surface area contributed by atoms with E-state index in [1.54, 1.807) is 12.1 Å². The summed E-state index contributed by atoms with van der Waals surface area (Å²) < 4.78 is 0. The Morgan fingerprint density at radius 2 is 1.31 bits per heavy atom. The number of carboxylic acid groups (broad SMARTS) is 1. The van der Waals surface area contributed by atoms with E-state index < -0.39 is 23.3 Å². The van der Waals surface area contributed by atoms with Gasteiger partial charge in [-0.1, -0.05) is 24.3 Å². The quantitative estimate of drug-likeness (QED) is 0.456. The van der Waals surface area contributed by atoms with Gasteiger partial charge in [0.15, 0.2) is 11.6 Å². The molecular weight excluding hydrogens is 336 g/mol. The maximum Gasteiger partial charge on any atom is 0.335 e. The van der Waals surface area contributed by atoms with E-state index in [1.807, 2.05) is 0 Å². The molecule has 3 aromatic rings. The third-order valence-corrected chi connectivity index (χ3v) is 4.70. The number of hydrogen-bond acceptors (Lipinski definition) is 5. The molecule has 0 saturated carbocycles. The first-order valence-corrected chi connectivity index (χ1v) is 7.77. The topological polar surface area (TPSA) is 112 Å². The van der Waals surface area contributed by atoms with Crippen LogP contribution in [0, 0.1) is 6.92 Å². The van der Waals surface area contributed by atoms with E-state index in [0.29, 0.717) is 5.56 Å². The van der Waals surface area contributed by atoms with Gasteiger partial charge in [0, 0.05) is 21.9 Å². The molecule has 1 aliphatic carbocycles. The SMILES string of the molecule is Cc1cc2c(cc1C(=O)O)C(=O)c1c(c(O)c3ccccc3c1O)C2=O. The zero-order chi connectivity index (χ0) is 18.7. The predicted molar refractivity (Wildman–Crippen MR) is 92.3 cm³/mol. The highest BCUT2D eigenvalue weighted by Crippen LogP contribution is 2.44. The number of aryl methyl sites for hydroxylation is 1. The molecule has 0 atom stereocenters. The van der Waals surface area contributed by atoms with Gasteiger partial charge in [-0.3, -0.25) is 9.59 Å². The number of hydrogen-bond donors (Lipinski definition) is 3. The van der Waals surface area contributed by atoms with Crippen molar-refractivity contribution in [2.24, 2.45) is 0 Å². The van der Waals surface area contributed by atoms with Crippen molar-refractivity contribution in [2.75, 3.05) is 0 Å². The van der Waals surface area contributed by atoms with Crippen molar-refractivity contribution < 1.29 is 29.7 Å². The summed E-state index contributed by atoms with van der Waals surface area (Å²) in [5.74, 6) is -3.34. The van der Waals surface area contributed by atoms with Crippen LogP contribution in [-0.4, -0.2) is 32.9 Å². The molecule has 0 bridgehead atoms. The molecule has 0 saturated heterocycles. The summed E-state index contributed by atoms with van der Waals surface area (Å²) in [5, 5.41) is 30.9. The molecule has 0 fully saturated rings. The van der Waals surface area contributed by atoms with Crippen molar-refractivity contribution in [1.29, 1.82) is 0 Å². The van der Waals surface area contributed by atoms with Gasteiger partial charge in [0.05, 0.1) is 16.7 Å². The van der Waals surface area contributed by atoms with Crippen LogP contribution in [-0.2, 0) is 0 Å². The van der Waals surface area contributed by atoms with Gasteiger partial charge in [-0.2, -0.15) is 0 Å². The highest BCUT2D eigenvalue weighted by atomic mass is 16.4. The van der Waals surface area contributed by atoms with E-state index in [9.17, 15) is 29.7 Å². The molecule has 3 N–H and O–H groups in total. The number of ketones is 2. The van der Waals surface area contributed by atoms with Crippen LogP contribution in [0.1, 0.15) is 47.8 Å². The summed E-state index contributed by atoms with van der Waals surface area (Å²) >= 11 is 0. The van der Waals surface area contributed by atoms with Crippen molar-refractivity contribution in [1.82, 2.24) is 0 Å². The number of aromatic carboxylic acids is 1. The minimum atomic E-state index is -1.22. The molecule has 6 heteroatoms. The van der Waals surface area contributed by atoms with Gasteiger partial charge in [0.25, 0.3) is 0 Å². The highest BCUT2D eigenvalue weighted by molar-refractivity contribution is 6.32. The molecule has 0 unspecified atom stereocenters. The Labute approximate surface area is 146 Å². The summed E-state index contributed by atoms with van der Waals surface area (Å²) in [6.45, 7) is 1.52. The van der Waals surface area contributed by atoms with Crippen molar-refractivity contribution in [2.45, 2.75) is 6.92 Å². The first-order chi connectivity index (χ1) is 12.3. The summed E-state index contributed by atoms with van der Waals surface area (Å²) in [6, 6.07) is 8.80. The molecule has 0 amide bonds. The van der Waals surface area contributed by atoms with Gasteiger partial charge in [-0.25, -0.2) is 4.79 Å². The average molecular weight is 348 g/mol. The van der Waals surface area contributed by atoms with Crippen LogP contribution >= 0.6 is 0 Å². The molecular formula is C20H12O6. The van der Waals surface area contributed by atoms with Crippen LogP contribution in [0.4, 0.5) is 0 Å². The standard InChI is InChI=1S/C20H12O6/c1-8-6-12-13(7-11(8)20(25)26)19(24)15-14(18(12)23)16(21)9-4-2-3-5-10(9)17(15)22/h2-7,21-22H,1H3,(H,25,26). The Morgan fingerprint density at radius 1 is 0.846 bits per heavy atom. The lowest BCUT2D eigenvalue weighted by Crippen LogP contribution is -2.22. The third-order valence-electron chi connectivity index (χ3n) is 4.70. The average Bonchev–Trinajstić information content (AvgIpc) is 2.62. The number of carbonyl (C=O) groups is 3. The number of aromatic hydroxyl groups is 2. The third kappa shape index (κ3) is 1.89. The Balaban J connectivity index is 2.12. The van der Waals surface area contributed by atoms with Gasteiger partial charge in [-0.15, -0.1) is 0 Å². The molecule has 26 heavy (non-hydrogen) atoms. The Bertz CT molecular complexity index is 1170. The molecule has 4 rings (SSSR count). The monoisotopic (exact) mass is 348 g/mol.